The van der Waals surface area contributed by atoms with Crippen molar-refractivity contribution in [2.24, 2.45) is 0 Å². The highest BCUT2D eigenvalue weighted by Gasteiger charge is 2.10. The Labute approximate surface area is 167 Å². The van der Waals surface area contributed by atoms with Crippen LogP contribution in [0.15, 0.2) is 40.0 Å². The monoisotopic (exact) mass is 422 g/mol. The molecule has 0 fully saturated rings. The molecule has 0 aliphatic heterocycles. The maximum atomic E-state index is 12.1. The molecule has 0 atom stereocenters. The number of benzene rings is 1. The summed E-state index contributed by atoms with van der Waals surface area (Å²) in [5, 5.41) is 4.93. The Hall–Kier alpha value is -2.30. The minimum absolute atomic E-state index is 0.174. The Morgan fingerprint density at radius 1 is 1.29 bits per heavy atom. The second kappa shape index (κ2) is 8.38. The van der Waals surface area contributed by atoms with E-state index in [9.17, 15) is 13.2 Å². The molecule has 1 aromatic carbocycles. The third kappa shape index (κ3) is 5.15. The topological polar surface area (TPSA) is 93.9 Å². The normalized spacial score (nSPS) is 12.0. The zero-order valence-electron chi connectivity index (χ0n) is 16.0. The molecule has 0 saturated carbocycles. The van der Waals surface area contributed by atoms with Gasteiger partial charge in [-0.3, -0.25) is 4.79 Å². The molecule has 3 aromatic rings. The lowest BCUT2D eigenvalue weighted by atomic mass is 10.3. The Balaban J connectivity index is 1.51. The zero-order chi connectivity index (χ0) is 20.3. The van der Waals surface area contributed by atoms with E-state index in [0.29, 0.717) is 29.6 Å². The average Bonchev–Trinajstić information content (AvgIpc) is 2.99. The highest BCUT2D eigenvalue weighted by molar-refractivity contribution is 7.90. The minimum Gasteiger partial charge on any atom is -0.494 e. The largest absolute Gasteiger partial charge is 0.494 e. The van der Waals surface area contributed by atoms with Gasteiger partial charge in [0.25, 0.3) is 5.56 Å². The van der Waals surface area contributed by atoms with E-state index in [1.54, 1.807) is 18.2 Å². The summed E-state index contributed by atoms with van der Waals surface area (Å²) < 4.78 is 30.2. The number of aryl methyl sites for hydroxylation is 1. The lowest BCUT2D eigenvalue weighted by Crippen LogP contribution is -2.23. The molecule has 10 heteroatoms. The second-order valence-electron chi connectivity index (χ2n) is 6.59. The summed E-state index contributed by atoms with van der Waals surface area (Å²) in [6.45, 7) is 3.59. The van der Waals surface area contributed by atoms with Crippen molar-refractivity contribution in [3.8, 4) is 5.75 Å². The Morgan fingerprint density at radius 2 is 2.07 bits per heavy atom. The summed E-state index contributed by atoms with van der Waals surface area (Å²) in [6, 6.07) is 7.99. The third-order valence-electron chi connectivity index (χ3n) is 4.02. The molecular formula is C18H22N4O4S2. The van der Waals surface area contributed by atoms with Gasteiger partial charge < -0.3 is 9.64 Å². The smallest absolute Gasteiger partial charge is 0.275 e. The lowest BCUT2D eigenvalue weighted by molar-refractivity contribution is 0.257. The van der Waals surface area contributed by atoms with Gasteiger partial charge in [-0.05, 0) is 38.6 Å². The second-order valence-corrected chi connectivity index (χ2v) is 9.76. The molecule has 0 amide bonds. The van der Waals surface area contributed by atoms with Crippen LogP contribution in [0, 0.1) is 6.92 Å². The summed E-state index contributed by atoms with van der Waals surface area (Å²) in [5.74, 6) is 0.534. The summed E-state index contributed by atoms with van der Waals surface area (Å²) in [6.07, 6.45) is 1.92. The van der Waals surface area contributed by atoms with Gasteiger partial charge in [-0.15, -0.1) is 0 Å². The Bertz CT molecular complexity index is 1140. The predicted octanol–water partition coefficient (Wildman–Crippen LogP) is 1.76. The van der Waals surface area contributed by atoms with Crippen molar-refractivity contribution < 1.29 is 13.2 Å². The van der Waals surface area contributed by atoms with Crippen molar-refractivity contribution in [1.29, 1.82) is 0 Å². The molecule has 2 heterocycles. The molecule has 150 valence electrons. The first-order valence-corrected chi connectivity index (χ1v) is 11.4. The van der Waals surface area contributed by atoms with Crippen LogP contribution in [0.5, 0.6) is 5.75 Å². The minimum atomic E-state index is -3.25. The fraction of sp³-hybridized carbons (Fsp3) is 0.389. The van der Waals surface area contributed by atoms with Gasteiger partial charge in [-0.25, -0.2) is 13.4 Å². The first kappa shape index (κ1) is 20.4. The van der Waals surface area contributed by atoms with Crippen LogP contribution in [0.25, 0.3) is 4.96 Å². The molecule has 0 spiro atoms. The van der Waals surface area contributed by atoms with Crippen LogP contribution < -0.4 is 10.3 Å². The number of nitrogens with zero attached hydrogens (tertiary/aromatic N) is 4. The van der Waals surface area contributed by atoms with Gasteiger partial charge >= 0.3 is 0 Å². The van der Waals surface area contributed by atoms with Crippen LogP contribution in [0.2, 0.25) is 0 Å². The van der Waals surface area contributed by atoms with Crippen LogP contribution >= 0.6 is 11.3 Å². The quantitative estimate of drug-likeness (QED) is 0.511. The van der Waals surface area contributed by atoms with E-state index in [2.05, 4.69) is 15.0 Å². The lowest BCUT2D eigenvalue weighted by Gasteiger charge is -2.16. The van der Waals surface area contributed by atoms with Crippen LogP contribution in [-0.4, -0.2) is 54.4 Å². The van der Waals surface area contributed by atoms with E-state index in [-0.39, 0.29) is 10.5 Å². The van der Waals surface area contributed by atoms with E-state index in [4.69, 9.17) is 4.74 Å². The Kier molecular flexibility index (Phi) is 6.11. The first-order chi connectivity index (χ1) is 13.2. The summed E-state index contributed by atoms with van der Waals surface area (Å²) in [7, 11) is -1.30. The number of aromatic nitrogens is 3. The van der Waals surface area contributed by atoms with Crippen molar-refractivity contribution in [1.82, 2.24) is 19.5 Å². The summed E-state index contributed by atoms with van der Waals surface area (Å²) >= 11 is 1.39. The summed E-state index contributed by atoms with van der Waals surface area (Å²) in [4.78, 5) is 19.5. The standard InChI is InChI=1S/C18H22N4O4S2/c1-13-20-22-17(23)10-14(19-18(22)27-13)12-21(2)8-5-9-26-15-6-4-7-16(11-15)28(3,24)25/h4,6-7,10-11H,5,8-9,12H2,1-3H3. The predicted molar refractivity (Wildman–Crippen MR) is 108 cm³/mol. The molecule has 0 bridgehead atoms. The van der Waals surface area contributed by atoms with Gasteiger partial charge in [-0.2, -0.15) is 9.61 Å². The van der Waals surface area contributed by atoms with Gasteiger partial charge in [0.05, 0.1) is 17.2 Å². The van der Waals surface area contributed by atoms with Gasteiger partial charge in [0.15, 0.2) is 9.84 Å². The van der Waals surface area contributed by atoms with Gasteiger partial charge in [0.1, 0.15) is 10.8 Å². The van der Waals surface area contributed by atoms with Crippen molar-refractivity contribution in [3.05, 3.63) is 51.4 Å². The third-order valence-corrected chi connectivity index (χ3v) is 5.95. The molecule has 0 aliphatic rings. The van der Waals surface area contributed by atoms with Crippen LogP contribution in [0.4, 0.5) is 0 Å². The van der Waals surface area contributed by atoms with Gasteiger partial charge in [0, 0.05) is 25.4 Å². The SMILES string of the molecule is Cc1nn2c(=O)cc(CN(C)CCCOc3cccc(S(C)(=O)=O)c3)nc2s1. The molecule has 0 saturated heterocycles. The van der Waals surface area contributed by atoms with Crippen molar-refractivity contribution in [2.75, 3.05) is 26.5 Å². The molecule has 28 heavy (non-hydrogen) atoms. The van der Waals surface area contributed by atoms with Crippen LogP contribution in [0.1, 0.15) is 17.1 Å². The van der Waals surface area contributed by atoms with Gasteiger partial charge in [-0.1, -0.05) is 17.4 Å². The number of sulfone groups is 1. The fourth-order valence-electron chi connectivity index (χ4n) is 2.71. The number of fused-ring (bicyclic) bond motifs is 1. The van der Waals surface area contributed by atoms with Crippen molar-refractivity contribution >= 4 is 26.1 Å². The molecule has 3 rings (SSSR count). The highest BCUT2D eigenvalue weighted by atomic mass is 32.2. The first-order valence-electron chi connectivity index (χ1n) is 8.70. The molecule has 0 unspecified atom stereocenters. The molecular weight excluding hydrogens is 400 g/mol. The number of ether oxygens (including phenoxy) is 1. The molecule has 0 radical (unpaired) electrons. The van der Waals surface area contributed by atoms with Crippen LogP contribution in [0.3, 0.4) is 0 Å². The van der Waals surface area contributed by atoms with Crippen LogP contribution in [-0.2, 0) is 16.4 Å². The number of hydrogen-bond donors (Lipinski definition) is 0. The summed E-state index contributed by atoms with van der Waals surface area (Å²) in [5.41, 5.74) is 0.532. The van der Waals surface area contributed by atoms with Crippen molar-refractivity contribution in [3.63, 3.8) is 0 Å². The van der Waals surface area contributed by atoms with Gasteiger partial charge in [0.2, 0.25) is 4.96 Å². The van der Waals surface area contributed by atoms with E-state index in [1.807, 2.05) is 14.0 Å². The zero-order valence-corrected chi connectivity index (χ0v) is 17.6. The fourth-order valence-corrected chi connectivity index (χ4v) is 4.13. The number of hydrogen-bond acceptors (Lipinski definition) is 8. The molecule has 2 aromatic heterocycles. The molecule has 8 nitrogen and oxygen atoms in total. The Morgan fingerprint density at radius 3 is 2.82 bits per heavy atom. The van der Waals surface area contributed by atoms with E-state index in [0.717, 1.165) is 18.0 Å². The molecule has 0 N–H and O–H groups in total. The maximum Gasteiger partial charge on any atom is 0.275 e. The van der Waals surface area contributed by atoms with E-state index >= 15 is 0 Å². The van der Waals surface area contributed by atoms with Crippen molar-refractivity contribution in [2.45, 2.75) is 24.8 Å². The number of rotatable bonds is 8. The average molecular weight is 423 g/mol. The van der Waals surface area contributed by atoms with E-state index in [1.165, 1.54) is 34.2 Å². The van der Waals surface area contributed by atoms with E-state index < -0.39 is 9.84 Å². The molecule has 0 aliphatic carbocycles. The maximum absolute atomic E-state index is 12.1. The highest BCUT2D eigenvalue weighted by Crippen LogP contribution is 2.17.